The predicted octanol–water partition coefficient (Wildman–Crippen LogP) is 4.36. The van der Waals surface area contributed by atoms with Gasteiger partial charge in [-0.2, -0.15) is 0 Å². The monoisotopic (exact) mass is 456 g/mol. The fraction of sp³-hybridized carbons (Fsp3) is 0.296. The third-order valence-electron chi connectivity index (χ3n) is 6.56. The summed E-state index contributed by atoms with van der Waals surface area (Å²) in [6, 6.07) is 19.5. The number of ether oxygens (including phenoxy) is 1. The molecule has 0 radical (unpaired) electrons. The summed E-state index contributed by atoms with van der Waals surface area (Å²) < 4.78 is 5.30. The maximum absolute atomic E-state index is 13.1. The Kier molecular flexibility index (Phi) is 5.92. The minimum Gasteiger partial charge on any atom is -0.447 e. The molecule has 5 rings (SSSR count). The minimum absolute atomic E-state index is 0.0876. The quantitative estimate of drug-likeness (QED) is 0.584. The van der Waals surface area contributed by atoms with Crippen molar-refractivity contribution in [1.82, 2.24) is 9.88 Å². The first kappa shape index (κ1) is 21.9. The maximum Gasteiger partial charge on any atom is 0.415 e. The average molecular weight is 457 g/mol. The number of pyridine rings is 1. The van der Waals surface area contributed by atoms with Crippen molar-refractivity contribution in [2.75, 3.05) is 42.6 Å². The molecular weight excluding hydrogens is 428 g/mol. The van der Waals surface area contributed by atoms with Crippen molar-refractivity contribution >= 4 is 23.4 Å². The molecule has 7 heteroatoms. The summed E-state index contributed by atoms with van der Waals surface area (Å²) in [5.41, 5.74) is 5.73. The molecule has 1 aromatic heterocycles. The van der Waals surface area contributed by atoms with Gasteiger partial charge in [-0.25, -0.2) is 9.78 Å². The first-order valence-corrected chi connectivity index (χ1v) is 11.6. The number of aromatic nitrogens is 1. The van der Waals surface area contributed by atoms with Gasteiger partial charge in [0.2, 0.25) is 0 Å². The van der Waals surface area contributed by atoms with Gasteiger partial charge in [0.25, 0.3) is 5.91 Å². The van der Waals surface area contributed by atoms with E-state index in [0.717, 1.165) is 18.7 Å². The van der Waals surface area contributed by atoms with Crippen LogP contribution < -0.4 is 9.80 Å². The third-order valence-corrected chi connectivity index (χ3v) is 6.56. The van der Waals surface area contributed by atoms with Crippen LogP contribution in [-0.4, -0.2) is 54.7 Å². The van der Waals surface area contributed by atoms with Gasteiger partial charge in [-0.1, -0.05) is 48.0 Å². The van der Waals surface area contributed by atoms with E-state index < -0.39 is 6.09 Å². The molecule has 2 saturated heterocycles. The molecule has 34 heavy (non-hydrogen) atoms. The van der Waals surface area contributed by atoms with Gasteiger partial charge in [-0.15, -0.1) is 0 Å². The van der Waals surface area contributed by atoms with E-state index in [-0.39, 0.29) is 18.6 Å². The molecule has 0 saturated carbocycles. The molecule has 2 fully saturated rings. The van der Waals surface area contributed by atoms with E-state index in [0.29, 0.717) is 24.5 Å². The van der Waals surface area contributed by atoms with Gasteiger partial charge < -0.3 is 14.5 Å². The van der Waals surface area contributed by atoms with Gasteiger partial charge >= 0.3 is 6.09 Å². The number of aryl methyl sites for hydroxylation is 2. The summed E-state index contributed by atoms with van der Waals surface area (Å²) in [6.07, 6.45) is 1.18. The highest BCUT2D eigenvalue weighted by Gasteiger charge is 2.35. The number of nitrogens with zero attached hydrogens (tertiary/aromatic N) is 4. The topological polar surface area (TPSA) is 66.0 Å². The van der Waals surface area contributed by atoms with Gasteiger partial charge in [-0.3, -0.25) is 9.69 Å². The van der Waals surface area contributed by atoms with Crippen LogP contribution in [0.3, 0.4) is 0 Å². The lowest BCUT2D eigenvalue weighted by Gasteiger charge is -2.36. The van der Waals surface area contributed by atoms with Crippen LogP contribution in [-0.2, 0) is 4.74 Å². The number of carbonyl (C=O) groups excluding carboxylic acids is 2. The van der Waals surface area contributed by atoms with Gasteiger partial charge in [0.15, 0.2) is 0 Å². The number of cyclic esters (lactones) is 1. The lowest BCUT2D eigenvalue weighted by atomic mass is 10.1. The van der Waals surface area contributed by atoms with E-state index in [1.54, 1.807) is 23.2 Å². The molecule has 3 heterocycles. The largest absolute Gasteiger partial charge is 0.447 e. The van der Waals surface area contributed by atoms with Crippen molar-refractivity contribution in [1.29, 1.82) is 0 Å². The number of hydrogen-bond donors (Lipinski definition) is 0. The van der Waals surface area contributed by atoms with Crippen LogP contribution in [0.25, 0.3) is 0 Å². The number of benzene rings is 2. The van der Waals surface area contributed by atoms with Gasteiger partial charge in [0, 0.05) is 31.9 Å². The van der Waals surface area contributed by atoms with E-state index in [1.807, 2.05) is 35.2 Å². The Balaban J connectivity index is 1.26. The fourth-order valence-electron chi connectivity index (χ4n) is 4.76. The number of anilines is 2. The van der Waals surface area contributed by atoms with Gasteiger partial charge in [-0.05, 0) is 43.2 Å². The highest BCUT2D eigenvalue weighted by atomic mass is 16.6. The third kappa shape index (κ3) is 4.21. The van der Waals surface area contributed by atoms with Crippen LogP contribution in [0.4, 0.5) is 16.2 Å². The molecular formula is C27H28N4O3. The molecule has 174 valence electrons. The standard InChI is InChI=1S/C27H28N4O3/c1-19-8-11-24(20(2)16-19)29-12-14-30(15-13-29)26(32)23-10-9-22(17-28-23)31-25(18-34-27(31)33)21-6-4-3-5-7-21/h3-11,16-17,25H,12-15,18H2,1-2H3/t25-/m0/s1. The molecule has 7 nitrogen and oxygen atoms in total. The van der Waals surface area contributed by atoms with E-state index in [9.17, 15) is 9.59 Å². The molecule has 2 aliphatic rings. The lowest BCUT2D eigenvalue weighted by Crippen LogP contribution is -2.49. The van der Waals surface area contributed by atoms with E-state index in [1.165, 1.54) is 16.8 Å². The van der Waals surface area contributed by atoms with Gasteiger partial charge in [0.1, 0.15) is 12.3 Å². The molecule has 1 atom stereocenters. The second-order valence-corrected chi connectivity index (χ2v) is 8.84. The molecule has 0 unspecified atom stereocenters. The molecule has 0 aliphatic carbocycles. The minimum atomic E-state index is -0.405. The average Bonchev–Trinajstić information content (AvgIpc) is 3.26. The Morgan fingerprint density at radius 1 is 0.971 bits per heavy atom. The summed E-state index contributed by atoms with van der Waals surface area (Å²) in [7, 11) is 0. The van der Waals surface area contributed by atoms with Crippen molar-refractivity contribution in [3.05, 3.63) is 89.2 Å². The molecule has 2 amide bonds. The van der Waals surface area contributed by atoms with Crippen LogP contribution >= 0.6 is 0 Å². The molecule has 0 bridgehead atoms. The van der Waals surface area contributed by atoms with Crippen LogP contribution in [0.5, 0.6) is 0 Å². The molecule has 0 spiro atoms. The fourth-order valence-corrected chi connectivity index (χ4v) is 4.76. The summed E-state index contributed by atoms with van der Waals surface area (Å²) in [6.45, 7) is 7.37. The number of carbonyl (C=O) groups is 2. The van der Waals surface area contributed by atoms with Crippen molar-refractivity contribution in [2.24, 2.45) is 0 Å². The highest BCUT2D eigenvalue weighted by molar-refractivity contribution is 5.94. The zero-order valence-electron chi connectivity index (χ0n) is 19.5. The Morgan fingerprint density at radius 3 is 2.41 bits per heavy atom. The number of rotatable bonds is 4. The molecule has 2 aromatic carbocycles. The number of hydrogen-bond acceptors (Lipinski definition) is 5. The van der Waals surface area contributed by atoms with Crippen LogP contribution in [0, 0.1) is 13.8 Å². The van der Waals surface area contributed by atoms with Crippen LogP contribution in [0.2, 0.25) is 0 Å². The van der Waals surface area contributed by atoms with Crippen molar-refractivity contribution in [2.45, 2.75) is 19.9 Å². The summed E-state index contributed by atoms with van der Waals surface area (Å²) in [5.74, 6) is -0.0876. The van der Waals surface area contributed by atoms with Crippen LogP contribution in [0.1, 0.15) is 33.2 Å². The first-order valence-electron chi connectivity index (χ1n) is 11.6. The first-order chi connectivity index (χ1) is 16.5. The van der Waals surface area contributed by atoms with E-state index in [4.69, 9.17) is 4.74 Å². The number of piperazine rings is 1. The Morgan fingerprint density at radius 2 is 1.74 bits per heavy atom. The lowest BCUT2D eigenvalue weighted by molar-refractivity contribution is 0.0741. The smallest absolute Gasteiger partial charge is 0.415 e. The predicted molar refractivity (Wildman–Crippen MR) is 131 cm³/mol. The molecule has 3 aromatic rings. The zero-order valence-corrected chi connectivity index (χ0v) is 19.5. The van der Waals surface area contributed by atoms with Gasteiger partial charge in [0.05, 0.1) is 17.9 Å². The normalized spacial score (nSPS) is 18.2. The van der Waals surface area contributed by atoms with Crippen molar-refractivity contribution < 1.29 is 14.3 Å². The number of amides is 2. The van der Waals surface area contributed by atoms with E-state index >= 15 is 0 Å². The SMILES string of the molecule is Cc1ccc(N2CCN(C(=O)c3ccc(N4C(=O)OC[C@H]4c4ccccc4)cn3)CC2)c(C)c1. The Hall–Kier alpha value is -3.87. The summed E-state index contributed by atoms with van der Waals surface area (Å²) in [4.78, 5) is 35.7. The van der Waals surface area contributed by atoms with Crippen LogP contribution in [0.15, 0.2) is 66.9 Å². The summed E-state index contributed by atoms with van der Waals surface area (Å²) in [5, 5.41) is 0. The second kappa shape index (κ2) is 9.17. The second-order valence-electron chi connectivity index (χ2n) is 8.84. The van der Waals surface area contributed by atoms with Crippen molar-refractivity contribution in [3.63, 3.8) is 0 Å². The molecule has 2 aliphatic heterocycles. The Labute approximate surface area is 199 Å². The maximum atomic E-state index is 13.1. The highest BCUT2D eigenvalue weighted by Crippen LogP contribution is 2.32. The Bertz CT molecular complexity index is 1190. The summed E-state index contributed by atoms with van der Waals surface area (Å²) >= 11 is 0. The zero-order chi connectivity index (χ0) is 23.7. The molecule has 0 N–H and O–H groups in total. The van der Waals surface area contributed by atoms with Crippen molar-refractivity contribution in [3.8, 4) is 0 Å². The van der Waals surface area contributed by atoms with E-state index in [2.05, 4.69) is 41.9 Å².